The Balaban J connectivity index is 1.80. The maximum absolute atomic E-state index is 12.0. The molecule has 1 fully saturated rings. The molecule has 1 aromatic carbocycles. The van der Waals surface area contributed by atoms with Crippen LogP contribution in [0.2, 0.25) is 0 Å². The van der Waals surface area contributed by atoms with Gasteiger partial charge in [-0.25, -0.2) is 0 Å². The third kappa shape index (κ3) is 5.19. The molecule has 1 aromatic rings. The van der Waals surface area contributed by atoms with Crippen LogP contribution in [0.4, 0.5) is 5.69 Å². The van der Waals surface area contributed by atoms with Gasteiger partial charge in [0.25, 0.3) is 5.91 Å². The van der Waals surface area contributed by atoms with Gasteiger partial charge < -0.3 is 15.4 Å². The molecule has 1 atom stereocenters. The quantitative estimate of drug-likeness (QED) is 0.803. The van der Waals surface area contributed by atoms with Crippen molar-refractivity contribution in [2.75, 3.05) is 19.0 Å². The lowest BCUT2D eigenvalue weighted by Crippen LogP contribution is -2.28. The third-order valence-corrected chi connectivity index (χ3v) is 3.51. The van der Waals surface area contributed by atoms with Gasteiger partial charge in [0.2, 0.25) is 5.91 Å². The van der Waals surface area contributed by atoms with E-state index in [1.165, 1.54) is 12.8 Å². The van der Waals surface area contributed by atoms with Crippen molar-refractivity contribution in [2.24, 2.45) is 5.92 Å². The minimum Gasteiger partial charge on any atom is -0.368 e. The summed E-state index contributed by atoms with van der Waals surface area (Å²) < 4.78 is 5.53. The summed E-state index contributed by atoms with van der Waals surface area (Å²) in [6, 6.07) is 7.26. The number of carbonyl (C=O) groups excluding carboxylic acids is 2. The summed E-state index contributed by atoms with van der Waals surface area (Å²) in [4.78, 5) is 23.2. The van der Waals surface area contributed by atoms with E-state index in [0.717, 1.165) is 5.56 Å². The zero-order valence-corrected chi connectivity index (χ0v) is 12.5. The van der Waals surface area contributed by atoms with Crippen molar-refractivity contribution < 1.29 is 14.3 Å². The van der Waals surface area contributed by atoms with Crippen LogP contribution in [-0.4, -0.2) is 31.6 Å². The fourth-order valence-corrected chi connectivity index (χ4v) is 1.86. The number of benzene rings is 1. The zero-order valence-electron chi connectivity index (χ0n) is 12.5. The summed E-state index contributed by atoms with van der Waals surface area (Å²) >= 11 is 0. The van der Waals surface area contributed by atoms with Crippen molar-refractivity contribution >= 4 is 17.5 Å². The summed E-state index contributed by atoms with van der Waals surface area (Å²) in [5, 5.41) is 5.39. The van der Waals surface area contributed by atoms with Crippen molar-refractivity contribution in [3.05, 3.63) is 29.8 Å². The highest BCUT2D eigenvalue weighted by Crippen LogP contribution is 2.29. The molecular weight excluding hydrogens is 268 g/mol. The summed E-state index contributed by atoms with van der Waals surface area (Å²) in [5.74, 6) is 0.466. The normalized spacial score (nSPS) is 15.3. The molecule has 2 rings (SSSR count). The summed E-state index contributed by atoms with van der Waals surface area (Å²) in [5.41, 5.74) is 1.62. The SMILES string of the molecule is CNC(=O)Cc1ccc(NC(=O)[C@@H](C)OCC2CC2)cc1. The van der Waals surface area contributed by atoms with E-state index in [1.54, 1.807) is 26.1 Å². The van der Waals surface area contributed by atoms with Crippen LogP contribution < -0.4 is 10.6 Å². The van der Waals surface area contributed by atoms with E-state index in [9.17, 15) is 9.59 Å². The van der Waals surface area contributed by atoms with Gasteiger partial charge in [-0.1, -0.05) is 12.1 Å². The fourth-order valence-electron chi connectivity index (χ4n) is 1.86. The molecule has 0 aliphatic heterocycles. The molecule has 0 aromatic heterocycles. The molecule has 0 unspecified atom stereocenters. The highest BCUT2D eigenvalue weighted by molar-refractivity contribution is 5.93. The summed E-state index contributed by atoms with van der Waals surface area (Å²) in [6.07, 6.45) is 2.31. The van der Waals surface area contributed by atoms with E-state index >= 15 is 0 Å². The maximum atomic E-state index is 12.0. The van der Waals surface area contributed by atoms with Crippen molar-refractivity contribution in [2.45, 2.75) is 32.3 Å². The Labute approximate surface area is 125 Å². The summed E-state index contributed by atoms with van der Waals surface area (Å²) in [6.45, 7) is 2.43. The number of amides is 2. The first-order chi connectivity index (χ1) is 10.1. The van der Waals surface area contributed by atoms with Gasteiger partial charge >= 0.3 is 0 Å². The Kier molecular flexibility index (Phi) is 5.33. The van der Waals surface area contributed by atoms with Gasteiger partial charge in [-0.3, -0.25) is 9.59 Å². The Hall–Kier alpha value is -1.88. The number of carbonyl (C=O) groups is 2. The van der Waals surface area contributed by atoms with Gasteiger partial charge in [0.15, 0.2) is 0 Å². The summed E-state index contributed by atoms with van der Waals surface area (Å²) in [7, 11) is 1.61. The van der Waals surface area contributed by atoms with E-state index in [2.05, 4.69) is 10.6 Å². The van der Waals surface area contributed by atoms with E-state index in [0.29, 0.717) is 24.6 Å². The number of hydrogen-bond donors (Lipinski definition) is 2. The highest BCUT2D eigenvalue weighted by atomic mass is 16.5. The minimum atomic E-state index is -0.448. The molecule has 1 aliphatic rings. The molecule has 5 nitrogen and oxygen atoms in total. The molecule has 0 saturated heterocycles. The van der Waals surface area contributed by atoms with Crippen molar-refractivity contribution in [1.29, 1.82) is 0 Å². The fraction of sp³-hybridized carbons (Fsp3) is 0.500. The molecule has 21 heavy (non-hydrogen) atoms. The van der Waals surface area contributed by atoms with Crippen molar-refractivity contribution in [1.82, 2.24) is 5.32 Å². The number of nitrogens with one attached hydrogen (secondary N) is 2. The second-order valence-corrected chi connectivity index (χ2v) is 5.46. The average molecular weight is 290 g/mol. The van der Waals surface area contributed by atoms with Gasteiger partial charge in [0.05, 0.1) is 13.0 Å². The number of ether oxygens (including phenoxy) is 1. The predicted molar refractivity (Wildman–Crippen MR) is 81.0 cm³/mol. The lowest BCUT2D eigenvalue weighted by Gasteiger charge is -2.13. The van der Waals surface area contributed by atoms with Crippen LogP contribution in [0.3, 0.4) is 0 Å². The molecule has 1 saturated carbocycles. The lowest BCUT2D eigenvalue weighted by atomic mass is 10.1. The van der Waals surface area contributed by atoms with E-state index in [1.807, 2.05) is 12.1 Å². The van der Waals surface area contributed by atoms with E-state index < -0.39 is 6.10 Å². The molecule has 114 valence electrons. The first kappa shape index (κ1) is 15.5. The molecule has 1 aliphatic carbocycles. The monoisotopic (exact) mass is 290 g/mol. The molecule has 0 radical (unpaired) electrons. The van der Waals surface area contributed by atoms with Crippen LogP contribution in [0.25, 0.3) is 0 Å². The van der Waals surface area contributed by atoms with Gasteiger partial charge in [0.1, 0.15) is 6.10 Å². The Morgan fingerprint density at radius 1 is 1.29 bits per heavy atom. The first-order valence-corrected chi connectivity index (χ1v) is 7.30. The third-order valence-electron chi connectivity index (χ3n) is 3.51. The highest BCUT2D eigenvalue weighted by Gasteiger charge is 2.24. The topological polar surface area (TPSA) is 67.4 Å². The Morgan fingerprint density at radius 2 is 1.95 bits per heavy atom. The Morgan fingerprint density at radius 3 is 2.52 bits per heavy atom. The number of hydrogen-bond acceptors (Lipinski definition) is 3. The second-order valence-electron chi connectivity index (χ2n) is 5.46. The van der Waals surface area contributed by atoms with Crippen LogP contribution >= 0.6 is 0 Å². The first-order valence-electron chi connectivity index (χ1n) is 7.30. The van der Waals surface area contributed by atoms with Crippen LogP contribution in [0.15, 0.2) is 24.3 Å². The molecule has 2 N–H and O–H groups in total. The second kappa shape index (κ2) is 7.22. The minimum absolute atomic E-state index is 0.0334. The lowest BCUT2D eigenvalue weighted by molar-refractivity contribution is -0.126. The number of anilines is 1. The number of likely N-dealkylation sites (N-methyl/N-ethyl adjacent to an activating group) is 1. The predicted octanol–water partition coefficient (Wildman–Crippen LogP) is 1.73. The van der Waals surface area contributed by atoms with Gasteiger partial charge in [0, 0.05) is 12.7 Å². The molecule has 2 amide bonds. The molecular formula is C16H22N2O3. The molecule has 0 spiro atoms. The maximum Gasteiger partial charge on any atom is 0.253 e. The zero-order chi connectivity index (χ0) is 15.2. The van der Waals surface area contributed by atoms with Gasteiger partial charge in [-0.15, -0.1) is 0 Å². The number of rotatable bonds is 7. The average Bonchev–Trinajstić information content (AvgIpc) is 3.30. The van der Waals surface area contributed by atoms with Crippen LogP contribution in [0, 0.1) is 5.92 Å². The molecule has 5 heteroatoms. The Bertz CT molecular complexity index is 495. The van der Waals surface area contributed by atoms with E-state index in [4.69, 9.17) is 4.74 Å². The molecule has 0 heterocycles. The molecule has 0 bridgehead atoms. The van der Waals surface area contributed by atoms with Crippen LogP contribution in [0.5, 0.6) is 0 Å². The van der Waals surface area contributed by atoms with E-state index in [-0.39, 0.29) is 11.8 Å². The smallest absolute Gasteiger partial charge is 0.253 e. The van der Waals surface area contributed by atoms with Gasteiger partial charge in [-0.2, -0.15) is 0 Å². The van der Waals surface area contributed by atoms with Crippen LogP contribution in [-0.2, 0) is 20.7 Å². The van der Waals surface area contributed by atoms with Gasteiger partial charge in [-0.05, 0) is 43.4 Å². The van der Waals surface area contributed by atoms with Crippen LogP contribution in [0.1, 0.15) is 25.3 Å². The largest absolute Gasteiger partial charge is 0.368 e. The van der Waals surface area contributed by atoms with Crippen molar-refractivity contribution in [3.8, 4) is 0 Å². The standard InChI is InChI=1S/C16H22N2O3/c1-11(21-10-13-3-4-13)16(20)18-14-7-5-12(6-8-14)9-15(19)17-2/h5-8,11,13H,3-4,9-10H2,1-2H3,(H,17,19)(H,18,20)/t11-/m1/s1. The van der Waals surface area contributed by atoms with Crippen molar-refractivity contribution in [3.63, 3.8) is 0 Å².